The molecule has 0 aliphatic carbocycles. The summed E-state index contributed by atoms with van der Waals surface area (Å²) in [5.74, 6) is -83.4. The van der Waals surface area contributed by atoms with Gasteiger partial charge in [0.2, 0.25) is 0 Å². The Labute approximate surface area is 229 Å². The van der Waals surface area contributed by atoms with E-state index < -0.39 is 81.0 Å². The maximum atomic E-state index is 13.5. The summed E-state index contributed by atoms with van der Waals surface area (Å²) >= 11 is 0. The van der Waals surface area contributed by atoms with Gasteiger partial charge in [0.05, 0.1) is 0 Å². The minimum atomic E-state index is -9.64. The molecule has 0 aliphatic rings. The van der Waals surface area contributed by atoms with Crippen LogP contribution in [0.1, 0.15) is 0 Å². The molecule has 41 heavy (non-hydrogen) atoms. The molecule has 0 aliphatic heterocycles. The van der Waals surface area contributed by atoms with Crippen LogP contribution in [0.25, 0.3) is 0 Å². The first-order valence-corrected chi connectivity index (χ1v) is 9.50. The monoisotopic (exact) mass is 704 g/mol. The Hall–Kier alpha value is -0.770. The zero-order valence-corrected chi connectivity index (χ0v) is 20.6. The Morgan fingerprint density at radius 1 is 0.415 bits per heavy atom. The van der Waals surface area contributed by atoms with Crippen molar-refractivity contribution in [1.29, 1.82) is 0 Å². The second-order valence-electron chi connectivity index (χ2n) is 7.09. The van der Waals surface area contributed by atoms with Crippen molar-refractivity contribution in [3.63, 3.8) is 0 Å². The van der Waals surface area contributed by atoms with Crippen molar-refractivity contribution in [2.45, 2.75) is 70.9 Å². The molecule has 0 saturated heterocycles. The zero-order chi connectivity index (χ0) is 33.6. The topological polar surface area (TPSA) is 57.2 Å². The van der Waals surface area contributed by atoms with Crippen molar-refractivity contribution in [2.75, 3.05) is 0 Å². The van der Waals surface area contributed by atoms with Crippen LogP contribution in [-0.2, 0) is 10.1 Å². The molecule has 0 aromatic heterocycles. The molecule has 242 valence electrons. The Kier molecular flexibility index (Phi) is 10.8. The molecular weight excluding hydrogens is 703 g/mol. The average molecular weight is 704 g/mol. The molecule has 0 bridgehead atoms. The van der Waals surface area contributed by atoms with Crippen molar-refractivity contribution in [2.24, 2.45) is 0 Å². The molecule has 0 saturated carbocycles. The second kappa shape index (κ2) is 10.4. The standard InChI is InChI=1S/C12H2F24O3S.Na/c13-1(3(16,17)18)2(14,15)4(19,20)5(21,22)6(23,24)7(25,26)8(27,28)9(29,30)10(31,32)11(33,34)12(35,36)40(37,38)39;/h1H,(H,37,38,39);/q;+1/p-1. The van der Waals surface area contributed by atoms with E-state index >= 15 is 0 Å². The van der Waals surface area contributed by atoms with E-state index in [-0.39, 0.29) is 29.6 Å². The van der Waals surface area contributed by atoms with Gasteiger partial charge < -0.3 is 4.55 Å². The van der Waals surface area contributed by atoms with Crippen LogP contribution in [0.2, 0.25) is 0 Å². The van der Waals surface area contributed by atoms with Crippen molar-refractivity contribution in [1.82, 2.24) is 0 Å². The molecule has 0 radical (unpaired) electrons. The van der Waals surface area contributed by atoms with Crippen LogP contribution in [0.15, 0.2) is 0 Å². The summed E-state index contributed by atoms with van der Waals surface area (Å²) in [5.41, 5.74) is 0. The van der Waals surface area contributed by atoms with Gasteiger partial charge in [0, 0.05) is 0 Å². The number of rotatable bonds is 11. The second-order valence-corrected chi connectivity index (χ2v) is 8.51. The van der Waals surface area contributed by atoms with Gasteiger partial charge in [-0.25, -0.2) is 12.8 Å². The van der Waals surface area contributed by atoms with Crippen LogP contribution >= 0.6 is 0 Å². The Morgan fingerprint density at radius 2 is 0.610 bits per heavy atom. The first-order chi connectivity index (χ1) is 16.7. The van der Waals surface area contributed by atoms with E-state index in [1.54, 1.807) is 0 Å². The van der Waals surface area contributed by atoms with Gasteiger partial charge in [0.25, 0.3) is 6.17 Å². The third-order valence-corrected chi connectivity index (χ3v) is 5.35. The summed E-state index contributed by atoms with van der Waals surface area (Å²) in [6, 6.07) is 0. The molecule has 1 unspecified atom stereocenters. The smallest absolute Gasteiger partial charge is 0.743 e. The van der Waals surface area contributed by atoms with Crippen LogP contribution in [0.5, 0.6) is 0 Å². The molecule has 0 fully saturated rings. The van der Waals surface area contributed by atoms with Gasteiger partial charge in [-0.2, -0.15) is 101 Å². The van der Waals surface area contributed by atoms with Crippen LogP contribution in [-0.4, -0.2) is 83.9 Å². The molecule has 0 aromatic rings. The fourth-order valence-corrected chi connectivity index (χ4v) is 2.54. The van der Waals surface area contributed by atoms with E-state index in [1.165, 1.54) is 0 Å². The predicted molar refractivity (Wildman–Crippen MR) is 70.1 cm³/mol. The van der Waals surface area contributed by atoms with Gasteiger partial charge in [-0.05, 0) is 0 Å². The van der Waals surface area contributed by atoms with Crippen molar-refractivity contribution in [3.05, 3.63) is 0 Å². The third-order valence-electron chi connectivity index (χ3n) is 4.46. The van der Waals surface area contributed by atoms with Crippen LogP contribution < -0.4 is 29.6 Å². The average Bonchev–Trinajstić information content (AvgIpc) is 2.70. The third kappa shape index (κ3) is 5.31. The Balaban J connectivity index is 0. The molecule has 1 atom stereocenters. The number of alkyl halides is 24. The maximum absolute atomic E-state index is 13.5. The summed E-state index contributed by atoms with van der Waals surface area (Å²) in [7, 11) is -8.45. The summed E-state index contributed by atoms with van der Waals surface area (Å²) in [6.07, 6.45) is -14.3. The van der Waals surface area contributed by atoms with E-state index in [9.17, 15) is 118 Å². The summed E-state index contributed by atoms with van der Waals surface area (Å²) in [4.78, 5) is 0. The SMILES string of the molecule is O=S(=O)([O-])C(F)(F)C(F)(F)C(F)(F)C(F)(F)C(F)(F)C(F)(F)C(F)(F)C(F)(F)C(F)(F)C(F)(F)C(F)C(F)(F)F.[Na+]. The van der Waals surface area contributed by atoms with Crippen LogP contribution in [0.3, 0.4) is 0 Å². The maximum Gasteiger partial charge on any atom is 1.00 e. The first kappa shape index (κ1) is 42.4. The van der Waals surface area contributed by atoms with Gasteiger partial charge in [0.1, 0.15) is 0 Å². The molecule has 0 N–H and O–H groups in total. The normalized spacial score (nSPS) is 17.3. The van der Waals surface area contributed by atoms with Gasteiger partial charge >= 0.3 is 94.3 Å². The van der Waals surface area contributed by atoms with Crippen LogP contribution in [0, 0.1) is 0 Å². The van der Waals surface area contributed by atoms with E-state index in [0.29, 0.717) is 0 Å². The molecule has 3 nitrogen and oxygen atoms in total. The minimum absolute atomic E-state index is 0. The summed E-state index contributed by atoms with van der Waals surface area (Å²) in [5, 5.41) is -8.28. The molecule has 0 amide bonds. The summed E-state index contributed by atoms with van der Waals surface area (Å²) < 4.78 is 343. The van der Waals surface area contributed by atoms with E-state index in [4.69, 9.17) is 0 Å². The van der Waals surface area contributed by atoms with Crippen molar-refractivity contribution < 1.29 is 148 Å². The Morgan fingerprint density at radius 3 is 0.805 bits per heavy atom. The fourth-order valence-electron chi connectivity index (χ4n) is 2.10. The Bertz CT molecular complexity index is 1060. The van der Waals surface area contributed by atoms with Gasteiger partial charge in [-0.1, -0.05) is 0 Å². The zero-order valence-electron chi connectivity index (χ0n) is 17.8. The number of hydrogen-bond acceptors (Lipinski definition) is 3. The first-order valence-electron chi connectivity index (χ1n) is 8.10. The van der Waals surface area contributed by atoms with E-state index in [2.05, 4.69) is 0 Å². The molecule has 0 heterocycles. The van der Waals surface area contributed by atoms with E-state index in [0.717, 1.165) is 0 Å². The number of hydrogen-bond donors (Lipinski definition) is 0. The molecule has 0 rings (SSSR count). The summed E-state index contributed by atoms with van der Waals surface area (Å²) in [6.45, 7) is 0. The fraction of sp³-hybridized carbons (Fsp3) is 1.00. The molecule has 0 spiro atoms. The number of halogens is 24. The predicted octanol–water partition coefficient (Wildman–Crippen LogP) is 3.75. The van der Waals surface area contributed by atoms with Crippen molar-refractivity contribution in [3.8, 4) is 0 Å². The van der Waals surface area contributed by atoms with Crippen molar-refractivity contribution >= 4 is 10.1 Å². The molecular formula is C12HF24NaO3S. The van der Waals surface area contributed by atoms with Gasteiger partial charge in [0.15, 0.2) is 10.1 Å². The minimum Gasteiger partial charge on any atom is -0.743 e. The van der Waals surface area contributed by atoms with Crippen LogP contribution in [0.4, 0.5) is 105 Å². The molecule has 29 heteroatoms. The van der Waals surface area contributed by atoms with Gasteiger partial charge in [-0.3, -0.25) is 0 Å². The quantitative estimate of drug-likeness (QED) is 0.187. The largest absolute Gasteiger partial charge is 1.00 e. The van der Waals surface area contributed by atoms with E-state index in [1.807, 2.05) is 0 Å². The molecule has 0 aromatic carbocycles. The van der Waals surface area contributed by atoms with Gasteiger partial charge in [-0.15, -0.1) is 0 Å².